The van der Waals surface area contributed by atoms with E-state index in [-0.39, 0.29) is 23.1 Å². The van der Waals surface area contributed by atoms with Crippen LogP contribution in [0.25, 0.3) is 0 Å². The van der Waals surface area contributed by atoms with E-state index in [0.717, 1.165) is 49.7 Å². The van der Waals surface area contributed by atoms with Crippen molar-refractivity contribution in [3.8, 4) is 5.75 Å². The van der Waals surface area contributed by atoms with Gasteiger partial charge in [0, 0.05) is 31.8 Å². The summed E-state index contributed by atoms with van der Waals surface area (Å²) in [6, 6.07) is 16.1. The first-order valence-corrected chi connectivity index (χ1v) is 9.81. The van der Waals surface area contributed by atoms with Crippen molar-refractivity contribution in [1.29, 1.82) is 0 Å². The van der Waals surface area contributed by atoms with E-state index in [1.807, 2.05) is 42.5 Å². The van der Waals surface area contributed by atoms with E-state index in [0.29, 0.717) is 13.0 Å². The molecule has 0 saturated heterocycles. The van der Waals surface area contributed by atoms with Crippen molar-refractivity contribution >= 4 is 40.4 Å². The van der Waals surface area contributed by atoms with E-state index >= 15 is 0 Å². The summed E-state index contributed by atoms with van der Waals surface area (Å²) in [5.41, 5.74) is 3.16. The minimum absolute atomic E-state index is 0. The van der Waals surface area contributed by atoms with Crippen LogP contribution >= 0.6 is 0 Å². The Bertz CT molecular complexity index is 770. The number of nitrogens with one attached hydrogen (secondary N) is 1. The largest absolute Gasteiger partial charge is 0.490 e. The summed E-state index contributed by atoms with van der Waals surface area (Å²) in [4.78, 5) is 13.6. The number of anilines is 2. The molecule has 3 rings (SSSR count). The fourth-order valence-corrected chi connectivity index (χ4v) is 3.35. The van der Waals surface area contributed by atoms with Crippen molar-refractivity contribution in [2.45, 2.75) is 25.9 Å². The lowest BCUT2D eigenvalue weighted by molar-refractivity contribution is -0.149. The van der Waals surface area contributed by atoms with Gasteiger partial charge >= 0.3 is 29.0 Å². The van der Waals surface area contributed by atoms with Crippen molar-refractivity contribution < 1.29 is 19.4 Å². The van der Waals surface area contributed by atoms with E-state index in [9.17, 15) is 9.90 Å². The number of hydrogen-bond acceptors (Lipinski definition) is 5. The zero-order chi connectivity index (χ0) is 19.8. The monoisotopic (exact) mass is 410 g/mol. The molecule has 154 valence electrons. The summed E-state index contributed by atoms with van der Waals surface area (Å²) in [5.74, 6) is 0.0396. The van der Waals surface area contributed by atoms with Crippen molar-refractivity contribution in [2.75, 3.05) is 43.1 Å². The van der Waals surface area contributed by atoms with Crippen molar-refractivity contribution in [3.05, 3.63) is 54.1 Å². The Morgan fingerprint density at radius 3 is 2.72 bits per heavy atom. The van der Waals surface area contributed by atoms with Crippen LogP contribution in [0.2, 0.25) is 0 Å². The summed E-state index contributed by atoms with van der Waals surface area (Å²) in [6.07, 6.45) is 0.599. The normalized spacial score (nSPS) is 13.6. The summed E-state index contributed by atoms with van der Waals surface area (Å²) in [5, 5.41) is 12.6. The molecule has 1 aliphatic rings. The first-order chi connectivity index (χ1) is 13.7. The van der Waals surface area contributed by atoms with Crippen LogP contribution < -0.4 is 15.0 Å². The van der Waals surface area contributed by atoms with Crippen LogP contribution in [0.1, 0.15) is 18.9 Å². The second-order valence-electron chi connectivity index (χ2n) is 6.77. The van der Waals surface area contributed by atoms with E-state index in [4.69, 9.17) is 9.47 Å². The highest BCUT2D eigenvalue weighted by molar-refractivity contribution is 5.75. The number of aliphatic carboxylic acids is 1. The average molecular weight is 411 g/mol. The third kappa shape index (κ3) is 6.80. The van der Waals surface area contributed by atoms with Gasteiger partial charge in [-0.2, -0.15) is 0 Å². The zero-order valence-corrected chi connectivity index (χ0v) is 16.3. The Morgan fingerprint density at radius 2 is 2.00 bits per heavy atom. The van der Waals surface area contributed by atoms with Crippen LogP contribution in [0.5, 0.6) is 5.75 Å². The van der Waals surface area contributed by atoms with Crippen molar-refractivity contribution in [2.24, 2.45) is 0 Å². The Balaban J connectivity index is 0.00000300. The number of carboxylic acids is 1. The maximum Gasteiger partial charge on any atom is 0.333 e. The van der Waals surface area contributed by atoms with Gasteiger partial charge < -0.3 is 24.8 Å². The van der Waals surface area contributed by atoms with Gasteiger partial charge in [-0.05, 0) is 43.2 Å². The van der Waals surface area contributed by atoms with Crippen molar-refractivity contribution in [1.82, 2.24) is 0 Å². The molecule has 0 fully saturated rings. The van der Waals surface area contributed by atoms with Crippen LogP contribution in [0.4, 0.5) is 11.4 Å². The third-order valence-corrected chi connectivity index (χ3v) is 4.78. The Kier molecular flexibility index (Phi) is 9.57. The molecule has 7 heteroatoms. The third-order valence-electron chi connectivity index (χ3n) is 4.78. The van der Waals surface area contributed by atoms with Crippen LogP contribution in [-0.4, -0.2) is 73.1 Å². The smallest absolute Gasteiger partial charge is 0.333 e. The van der Waals surface area contributed by atoms with Gasteiger partial charge in [0.15, 0.2) is 6.10 Å². The fourth-order valence-electron chi connectivity index (χ4n) is 3.35. The molecule has 0 aliphatic carbocycles. The lowest BCUT2D eigenvalue weighted by Crippen LogP contribution is -2.34. The summed E-state index contributed by atoms with van der Waals surface area (Å²) < 4.78 is 11.0. The first kappa shape index (κ1) is 23.3. The van der Waals surface area contributed by atoms with Gasteiger partial charge in [-0.25, -0.2) is 4.79 Å². The standard InChI is InChI=1S/C22H28N2O4.Mg.2H/c1-2-27-21(22(25)26)16-17-8-10-18(11-9-17)23-12-5-13-24-14-15-28-20-7-4-3-6-19(20)24;;;/h3-4,6-11,21,23H,2,5,12-16H2,1H3,(H,25,26);;;. The topological polar surface area (TPSA) is 71.0 Å². The number of ether oxygens (including phenoxy) is 2. The SMILES string of the molecule is CCOC(Cc1ccc(NCCCN2CCOc3ccccc32)cc1)C(=O)O.[MgH2]. The van der Waals surface area contributed by atoms with E-state index in [1.54, 1.807) is 6.92 Å². The van der Waals surface area contributed by atoms with Gasteiger partial charge in [0.25, 0.3) is 0 Å². The number of nitrogens with zero attached hydrogens (tertiary/aromatic N) is 1. The number of para-hydroxylation sites is 2. The molecule has 0 bridgehead atoms. The van der Waals surface area contributed by atoms with E-state index < -0.39 is 12.1 Å². The molecule has 1 unspecified atom stereocenters. The van der Waals surface area contributed by atoms with Gasteiger partial charge in [-0.1, -0.05) is 24.3 Å². The molecule has 1 heterocycles. The molecular weight excluding hydrogens is 381 g/mol. The Hall–Kier alpha value is -1.96. The van der Waals surface area contributed by atoms with Crippen LogP contribution in [0, 0.1) is 0 Å². The number of hydrogen-bond donors (Lipinski definition) is 2. The van der Waals surface area contributed by atoms with Gasteiger partial charge in [-0.15, -0.1) is 0 Å². The molecule has 2 aromatic carbocycles. The van der Waals surface area contributed by atoms with Gasteiger partial charge in [-0.3, -0.25) is 0 Å². The quantitative estimate of drug-likeness (QED) is 0.463. The highest BCUT2D eigenvalue weighted by Crippen LogP contribution is 2.30. The molecule has 0 amide bonds. The predicted octanol–water partition coefficient (Wildman–Crippen LogP) is 2.50. The second kappa shape index (κ2) is 11.9. The first-order valence-electron chi connectivity index (χ1n) is 9.81. The molecule has 1 atom stereocenters. The van der Waals surface area contributed by atoms with Crippen LogP contribution in [0.15, 0.2) is 48.5 Å². The number of fused-ring (bicyclic) bond motifs is 1. The molecule has 6 nitrogen and oxygen atoms in total. The van der Waals surface area contributed by atoms with Gasteiger partial charge in [0.05, 0.1) is 12.2 Å². The fraction of sp³-hybridized carbons (Fsp3) is 0.409. The van der Waals surface area contributed by atoms with E-state index in [1.165, 1.54) is 5.69 Å². The Labute approximate surface area is 188 Å². The lowest BCUT2D eigenvalue weighted by Gasteiger charge is -2.31. The number of carbonyl (C=O) groups is 1. The summed E-state index contributed by atoms with van der Waals surface area (Å²) in [6.45, 7) is 5.68. The highest BCUT2D eigenvalue weighted by Gasteiger charge is 2.18. The van der Waals surface area contributed by atoms with Gasteiger partial charge in [0.1, 0.15) is 12.4 Å². The molecule has 2 N–H and O–H groups in total. The van der Waals surface area contributed by atoms with E-state index in [2.05, 4.69) is 16.3 Å². The maximum absolute atomic E-state index is 11.2. The maximum atomic E-state index is 11.2. The Morgan fingerprint density at radius 1 is 1.24 bits per heavy atom. The van der Waals surface area contributed by atoms with Crippen LogP contribution in [-0.2, 0) is 16.0 Å². The highest BCUT2D eigenvalue weighted by atomic mass is 24.3. The molecule has 2 aromatic rings. The summed E-state index contributed by atoms with van der Waals surface area (Å²) >= 11 is 0. The predicted molar refractivity (Wildman–Crippen MR) is 119 cm³/mol. The lowest BCUT2D eigenvalue weighted by atomic mass is 10.1. The molecule has 1 aliphatic heterocycles. The molecule has 0 spiro atoms. The summed E-state index contributed by atoms with van der Waals surface area (Å²) in [7, 11) is 0. The average Bonchev–Trinajstić information content (AvgIpc) is 2.72. The molecule has 0 aromatic heterocycles. The molecule has 0 radical (unpaired) electrons. The molecule has 0 saturated carbocycles. The zero-order valence-electron chi connectivity index (χ0n) is 16.3. The number of carboxylic acid groups (broad SMARTS) is 1. The second-order valence-corrected chi connectivity index (χ2v) is 6.77. The molecular formula is C22H30MgN2O4. The molecule has 29 heavy (non-hydrogen) atoms. The number of rotatable bonds is 10. The van der Waals surface area contributed by atoms with Crippen molar-refractivity contribution in [3.63, 3.8) is 0 Å². The number of benzene rings is 2. The van der Waals surface area contributed by atoms with Crippen LogP contribution in [0.3, 0.4) is 0 Å². The minimum Gasteiger partial charge on any atom is -0.490 e. The minimum atomic E-state index is -0.922. The van der Waals surface area contributed by atoms with Gasteiger partial charge in [0.2, 0.25) is 0 Å².